The van der Waals surface area contributed by atoms with Crippen LogP contribution < -0.4 is 5.73 Å². The third kappa shape index (κ3) is 9.56. The second-order valence-electron chi connectivity index (χ2n) is 4.57. The van der Waals surface area contributed by atoms with Gasteiger partial charge in [0.1, 0.15) is 5.60 Å². The van der Waals surface area contributed by atoms with Crippen molar-refractivity contribution in [2.24, 2.45) is 5.73 Å². The van der Waals surface area contributed by atoms with E-state index in [1.165, 1.54) is 12.2 Å². The standard InChI is InChI=1S/C12H21NO4/c1-5-16-10(14)7-6-9(13)8-11(15)17-12(2,3)4/h6-7,9H,5,8,13H2,1-4H3/t9-/m1/s1. The minimum atomic E-state index is -0.547. The van der Waals surface area contributed by atoms with Crippen LogP contribution in [0.15, 0.2) is 12.2 Å². The molecule has 0 amide bonds. The van der Waals surface area contributed by atoms with Crippen molar-refractivity contribution >= 4 is 11.9 Å². The number of hydrogen-bond acceptors (Lipinski definition) is 5. The van der Waals surface area contributed by atoms with Gasteiger partial charge in [-0.15, -0.1) is 0 Å². The monoisotopic (exact) mass is 243 g/mol. The molecule has 5 nitrogen and oxygen atoms in total. The van der Waals surface area contributed by atoms with Crippen LogP contribution in [0.4, 0.5) is 0 Å². The Hall–Kier alpha value is -1.36. The summed E-state index contributed by atoms with van der Waals surface area (Å²) >= 11 is 0. The SMILES string of the molecule is CCOC(=O)C=C[C@@H](N)CC(=O)OC(C)(C)C. The molecule has 98 valence electrons. The molecule has 0 heterocycles. The van der Waals surface area contributed by atoms with Crippen LogP contribution in [0.3, 0.4) is 0 Å². The number of ether oxygens (including phenoxy) is 2. The lowest BCUT2D eigenvalue weighted by Crippen LogP contribution is -2.29. The van der Waals surface area contributed by atoms with E-state index in [0.717, 1.165) is 0 Å². The molecule has 0 aliphatic heterocycles. The van der Waals surface area contributed by atoms with E-state index in [-0.39, 0.29) is 6.42 Å². The minimum absolute atomic E-state index is 0.0349. The minimum Gasteiger partial charge on any atom is -0.463 e. The lowest BCUT2D eigenvalue weighted by atomic mass is 10.1. The summed E-state index contributed by atoms with van der Waals surface area (Å²) < 4.78 is 9.77. The summed E-state index contributed by atoms with van der Waals surface area (Å²) in [4.78, 5) is 22.4. The van der Waals surface area contributed by atoms with Gasteiger partial charge in [-0.3, -0.25) is 4.79 Å². The van der Waals surface area contributed by atoms with E-state index in [1.54, 1.807) is 27.7 Å². The zero-order chi connectivity index (χ0) is 13.5. The van der Waals surface area contributed by atoms with Gasteiger partial charge in [0.05, 0.1) is 13.0 Å². The van der Waals surface area contributed by atoms with Crippen LogP contribution in [-0.4, -0.2) is 30.2 Å². The van der Waals surface area contributed by atoms with Gasteiger partial charge in [-0.25, -0.2) is 4.79 Å². The van der Waals surface area contributed by atoms with Crippen molar-refractivity contribution in [3.63, 3.8) is 0 Å². The zero-order valence-electron chi connectivity index (χ0n) is 10.9. The second kappa shape index (κ2) is 7.06. The number of esters is 2. The molecule has 0 rings (SSSR count). The average Bonchev–Trinajstić information content (AvgIpc) is 2.12. The summed E-state index contributed by atoms with van der Waals surface area (Å²) in [5, 5.41) is 0. The maximum Gasteiger partial charge on any atom is 0.330 e. The molecule has 0 fully saturated rings. The van der Waals surface area contributed by atoms with Crippen LogP contribution in [0.25, 0.3) is 0 Å². The van der Waals surface area contributed by atoms with E-state index in [4.69, 9.17) is 10.5 Å². The topological polar surface area (TPSA) is 78.6 Å². The molecule has 17 heavy (non-hydrogen) atoms. The van der Waals surface area contributed by atoms with Crippen molar-refractivity contribution in [2.45, 2.75) is 45.8 Å². The molecule has 5 heteroatoms. The third-order valence-corrected chi connectivity index (χ3v) is 1.59. The van der Waals surface area contributed by atoms with Gasteiger partial charge in [0.15, 0.2) is 0 Å². The molecule has 0 unspecified atom stereocenters. The summed E-state index contributed by atoms with van der Waals surface area (Å²) in [6.07, 6.45) is 2.69. The molecule has 0 saturated heterocycles. The Morgan fingerprint density at radius 1 is 1.35 bits per heavy atom. The van der Waals surface area contributed by atoms with Crippen LogP contribution in [0, 0.1) is 0 Å². The zero-order valence-corrected chi connectivity index (χ0v) is 10.9. The number of rotatable bonds is 5. The average molecular weight is 243 g/mol. The smallest absolute Gasteiger partial charge is 0.330 e. The number of carbonyl (C=O) groups is 2. The molecule has 0 bridgehead atoms. The predicted molar refractivity (Wildman–Crippen MR) is 64.2 cm³/mol. The molecule has 0 saturated carbocycles. The predicted octanol–water partition coefficient (Wildman–Crippen LogP) is 1.16. The summed E-state index contributed by atoms with van der Waals surface area (Å²) in [5.41, 5.74) is 5.12. The Balaban J connectivity index is 4.05. The van der Waals surface area contributed by atoms with Gasteiger partial charge in [-0.05, 0) is 27.7 Å². The fourth-order valence-electron chi connectivity index (χ4n) is 1.04. The number of carbonyl (C=O) groups excluding carboxylic acids is 2. The third-order valence-electron chi connectivity index (χ3n) is 1.59. The largest absolute Gasteiger partial charge is 0.463 e. The molecule has 0 spiro atoms. The number of hydrogen-bond donors (Lipinski definition) is 1. The fourth-order valence-corrected chi connectivity index (χ4v) is 1.04. The Morgan fingerprint density at radius 2 is 1.94 bits per heavy atom. The summed E-state index contributed by atoms with van der Waals surface area (Å²) in [7, 11) is 0. The van der Waals surface area contributed by atoms with E-state index in [0.29, 0.717) is 6.61 Å². The Bertz CT molecular complexity index is 291. The molecular weight excluding hydrogens is 222 g/mol. The Kier molecular flexibility index (Phi) is 6.50. The lowest BCUT2D eigenvalue weighted by molar-refractivity contribution is -0.155. The quantitative estimate of drug-likeness (QED) is 0.579. The number of nitrogens with two attached hydrogens (primary N) is 1. The van der Waals surface area contributed by atoms with Crippen LogP contribution in [-0.2, 0) is 19.1 Å². The Labute approximate surface area is 102 Å². The van der Waals surface area contributed by atoms with Gasteiger partial charge < -0.3 is 15.2 Å². The molecular formula is C12H21NO4. The summed E-state index contributed by atoms with van der Waals surface area (Å²) in [6.45, 7) is 7.37. The molecule has 0 aromatic rings. The van der Waals surface area contributed by atoms with Crippen molar-refractivity contribution in [1.29, 1.82) is 0 Å². The molecule has 0 aromatic carbocycles. The first-order valence-electron chi connectivity index (χ1n) is 5.57. The second-order valence-corrected chi connectivity index (χ2v) is 4.57. The first-order valence-corrected chi connectivity index (χ1v) is 5.57. The summed E-state index contributed by atoms with van der Waals surface area (Å²) in [5.74, 6) is -0.856. The highest BCUT2D eigenvalue weighted by atomic mass is 16.6. The normalized spacial score (nSPS) is 13.5. The van der Waals surface area contributed by atoms with Crippen molar-refractivity contribution in [3.05, 3.63) is 12.2 Å². The van der Waals surface area contributed by atoms with Crippen LogP contribution in [0.1, 0.15) is 34.1 Å². The van der Waals surface area contributed by atoms with Crippen LogP contribution in [0.5, 0.6) is 0 Å². The molecule has 0 aromatic heterocycles. The highest BCUT2D eigenvalue weighted by Gasteiger charge is 2.17. The van der Waals surface area contributed by atoms with Gasteiger partial charge in [-0.2, -0.15) is 0 Å². The van der Waals surface area contributed by atoms with E-state index < -0.39 is 23.6 Å². The molecule has 0 aliphatic rings. The van der Waals surface area contributed by atoms with Crippen molar-refractivity contribution in [2.75, 3.05) is 6.61 Å². The van der Waals surface area contributed by atoms with Crippen LogP contribution >= 0.6 is 0 Å². The lowest BCUT2D eigenvalue weighted by Gasteiger charge is -2.20. The van der Waals surface area contributed by atoms with E-state index in [2.05, 4.69) is 4.74 Å². The fraction of sp³-hybridized carbons (Fsp3) is 0.667. The van der Waals surface area contributed by atoms with Crippen molar-refractivity contribution in [1.82, 2.24) is 0 Å². The molecule has 1 atom stereocenters. The first kappa shape index (κ1) is 15.6. The highest BCUT2D eigenvalue weighted by molar-refractivity contribution is 5.82. The van der Waals surface area contributed by atoms with Gasteiger partial charge >= 0.3 is 11.9 Å². The van der Waals surface area contributed by atoms with Crippen molar-refractivity contribution < 1.29 is 19.1 Å². The van der Waals surface area contributed by atoms with E-state index in [9.17, 15) is 9.59 Å². The molecule has 2 N–H and O–H groups in total. The Morgan fingerprint density at radius 3 is 2.41 bits per heavy atom. The van der Waals surface area contributed by atoms with Gasteiger partial charge in [0.2, 0.25) is 0 Å². The first-order chi connectivity index (χ1) is 7.74. The molecule has 0 radical (unpaired) electrons. The van der Waals surface area contributed by atoms with E-state index >= 15 is 0 Å². The van der Waals surface area contributed by atoms with Gasteiger partial charge in [0.25, 0.3) is 0 Å². The molecule has 0 aliphatic carbocycles. The van der Waals surface area contributed by atoms with Crippen LogP contribution in [0.2, 0.25) is 0 Å². The summed E-state index contributed by atoms with van der Waals surface area (Å²) in [6, 6.07) is -0.547. The highest BCUT2D eigenvalue weighted by Crippen LogP contribution is 2.09. The van der Waals surface area contributed by atoms with Gasteiger partial charge in [-0.1, -0.05) is 6.08 Å². The van der Waals surface area contributed by atoms with Crippen molar-refractivity contribution in [3.8, 4) is 0 Å². The maximum absolute atomic E-state index is 11.4. The maximum atomic E-state index is 11.4. The van der Waals surface area contributed by atoms with Gasteiger partial charge in [0, 0.05) is 12.1 Å². The van der Waals surface area contributed by atoms with E-state index in [1.807, 2.05) is 0 Å².